The Balaban J connectivity index is 1.67. The number of fused-ring (bicyclic) bond motifs is 1. The van der Waals surface area contributed by atoms with Crippen molar-refractivity contribution in [1.29, 1.82) is 0 Å². The Morgan fingerprint density at radius 2 is 1.37 bits per heavy atom. The normalized spacial score (nSPS) is 15.3. The lowest BCUT2D eigenvalue weighted by Gasteiger charge is -2.25. The van der Waals surface area contributed by atoms with Crippen molar-refractivity contribution in [2.24, 2.45) is 0 Å². The minimum atomic E-state index is 0.557. The van der Waals surface area contributed by atoms with E-state index in [0.29, 0.717) is 6.04 Å². The topological polar surface area (TPSA) is 17.8 Å². The van der Waals surface area contributed by atoms with Crippen LogP contribution < -0.4 is 0 Å². The summed E-state index contributed by atoms with van der Waals surface area (Å²) in [5.74, 6) is 1.11. The third kappa shape index (κ3) is 3.06. The number of aromatic nitrogens is 2. The van der Waals surface area contributed by atoms with Crippen LogP contribution in [-0.2, 0) is 0 Å². The Bertz CT molecular complexity index is 1060. The molecule has 1 aliphatic rings. The molecular weight excluding hydrogens is 328 g/mol. The van der Waals surface area contributed by atoms with Crippen molar-refractivity contribution in [3.63, 3.8) is 0 Å². The van der Waals surface area contributed by atoms with Gasteiger partial charge in [0.05, 0.1) is 11.0 Å². The first kappa shape index (κ1) is 16.3. The van der Waals surface area contributed by atoms with Gasteiger partial charge in [0.1, 0.15) is 5.82 Å². The Morgan fingerprint density at radius 1 is 0.667 bits per heavy atom. The van der Waals surface area contributed by atoms with E-state index in [2.05, 4.69) is 83.4 Å². The molecule has 0 bridgehead atoms. The van der Waals surface area contributed by atoms with Crippen LogP contribution in [0.5, 0.6) is 0 Å². The van der Waals surface area contributed by atoms with E-state index in [1.165, 1.54) is 54.3 Å². The molecule has 1 saturated carbocycles. The van der Waals surface area contributed by atoms with Gasteiger partial charge in [-0.2, -0.15) is 0 Å². The van der Waals surface area contributed by atoms with Gasteiger partial charge in [0, 0.05) is 11.6 Å². The van der Waals surface area contributed by atoms with Crippen molar-refractivity contribution in [2.75, 3.05) is 0 Å². The summed E-state index contributed by atoms with van der Waals surface area (Å²) in [7, 11) is 0. The molecule has 134 valence electrons. The maximum Gasteiger partial charge on any atom is 0.141 e. The van der Waals surface area contributed by atoms with Gasteiger partial charge in [0.25, 0.3) is 0 Å². The van der Waals surface area contributed by atoms with Crippen LogP contribution in [0.2, 0.25) is 0 Å². The van der Waals surface area contributed by atoms with Crippen LogP contribution in [0.25, 0.3) is 33.5 Å². The molecule has 4 aromatic rings. The van der Waals surface area contributed by atoms with Crippen LogP contribution in [-0.4, -0.2) is 9.55 Å². The van der Waals surface area contributed by atoms with E-state index < -0.39 is 0 Å². The lowest BCUT2D eigenvalue weighted by molar-refractivity contribution is 0.362. The van der Waals surface area contributed by atoms with Gasteiger partial charge in [-0.05, 0) is 42.2 Å². The molecule has 0 amide bonds. The summed E-state index contributed by atoms with van der Waals surface area (Å²) in [4.78, 5) is 5.06. The Hall–Kier alpha value is -2.87. The summed E-state index contributed by atoms with van der Waals surface area (Å²) in [6.45, 7) is 0. The molecule has 1 heterocycles. The highest BCUT2D eigenvalue weighted by atomic mass is 15.1. The predicted molar refractivity (Wildman–Crippen MR) is 113 cm³/mol. The van der Waals surface area contributed by atoms with Crippen molar-refractivity contribution >= 4 is 11.0 Å². The predicted octanol–water partition coefficient (Wildman–Crippen LogP) is 6.88. The number of benzene rings is 3. The molecule has 0 spiro atoms. The van der Waals surface area contributed by atoms with E-state index in [1.807, 2.05) is 0 Å². The SMILES string of the molecule is c1ccc(-c2cccc(-c3nc4ccccc4n3C3CCCCC3)c2)cc1. The summed E-state index contributed by atoms with van der Waals surface area (Å²) in [6.07, 6.45) is 6.51. The first-order chi connectivity index (χ1) is 13.4. The van der Waals surface area contributed by atoms with Crippen LogP contribution in [0, 0.1) is 0 Å². The fourth-order valence-electron chi connectivity index (χ4n) is 4.43. The van der Waals surface area contributed by atoms with Gasteiger partial charge >= 0.3 is 0 Å². The molecule has 3 aromatic carbocycles. The Kier molecular flexibility index (Phi) is 4.25. The van der Waals surface area contributed by atoms with Gasteiger partial charge in [-0.1, -0.05) is 79.9 Å². The van der Waals surface area contributed by atoms with Gasteiger partial charge in [-0.25, -0.2) is 4.98 Å². The van der Waals surface area contributed by atoms with E-state index in [-0.39, 0.29) is 0 Å². The maximum atomic E-state index is 5.06. The summed E-state index contributed by atoms with van der Waals surface area (Å²) in [5.41, 5.74) is 6.07. The van der Waals surface area contributed by atoms with Crippen LogP contribution >= 0.6 is 0 Å². The first-order valence-electron chi connectivity index (χ1n) is 10.0. The van der Waals surface area contributed by atoms with E-state index in [4.69, 9.17) is 4.98 Å². The summed E-state index contributed by atoms with van der Waals surface area (Å²) in [5, 5.41) is 0. The zero-order valence-corrected chi connectivity index (χ0v) is 15.5. The van der Waals surface area contributed by atoms with Crippen molar-refractivity contribution in [2.45, 2.75) is 38.1 Å². The lowest BCUT2D eigenvalue weighted by atomic mass is 9.94. The highest BCUT2D eigenvalue weighted by Gasteiger charge is 2.22. The average molecular weight is 352 g/mol. The molecule has 2 nitrogen and oxygen atoms in total. The van der Waals surface area contributed by atoms with Gasteiger partial charge in [-0.15, -0.1) is 0 Å². The molecule has 0 unspecified atom stereocenters. The molecule has 0 radical (unpaired) electrons. The average Bonchev–Trinajstić information content (AvgIpc) is 3.15. The van der Waals surface area contributed by atoms with E-state index in [9.17, 15) is 0 Å². The molecule has 0 N–H and O–H groups in total. The van der Waals surface area contributed by atoms with Crippen molar-refractivity contribution in [1.82, 2.24) is 9.55 Å². The molecule has 27 heavy (non-hydrogen) atoms. The van der Waals surface area contributed by atoms with Crippen molar-refractivity contribution in [3.8, 4) is 22.5 Å². The highest BCUT2D eigenvalue weighted by molar-refractivity contribution is 5.82. The second kappa shape index (κ2) is 7.03. The van der Waals surface area contributed by atoms with Crippen molar-refractivity contribution in [3.05, 3.63) is 78.9 Å². The fraction of sp³-hybridized carbons (Fsp3) is 0.240. The minimum absolute atomic E-state index is 0.557. The Morgan fingerprint density at radius 3 is 2.22 bits per heavy atom. The number of para-hydroxylation sites is 2. The van der Waals surface area contributed by atoms with E-state index >= 15 is 0 Å². The van der Waals surface area contributed by atoms with Crippen LogP contribution in [0.15, 0.2) is 78.9 Å². The zero-order valence-electron chi connectivity index (χ0n) is 15.5. The second-order valence-corrected chi connectivity index (χ2v) is 7.53. The monoisotopic (exact) mass is 352 g/mol. The lowest BCUT2D eigenvalue weighted by Crippen LogP contribution is -2.13. The third-order valence-electron chi connectivity index (χ3n) is 5.76. The molecule has 0 atom stereocenters. The summed E-state index contributed by atoms with van der Waals surface area (Å²) in [6, 6.07) is 28.6. The molecule has 2 heteroatoms. The molecule has 1 fully saturated rings. The molecule has 1 aliphatic carbocycles. The molecular formula is C25H24N2. The van der Waals surface area contributed by atoms with Crippen LogP contribution in [0.3, 0.4) is 0 Å². The number of rotatable bonds is 3. The highest BCUT2D eigenvalue weighted by Crippen LogP contribution is 2.36. The Labute approximate surface area is 160 Å². The molecule has 1 aromatic heterocycles. The number of imidazole rings is 1. The van der Waals surface area contributed by atoms with Gasteiger partial charge in [0.15, 0.2) is 0 Å². The second-order valence-electron chi connectivity index (χ2n) is 7.53. The standard InChI is InChI=1S/C25H24N2/c1-3-10-19(11-4-1)20-12-9-13-21(18-20)25-26-23-16-7-8-17-24(23)27(25)22-14-5-2-6-15-22/h1,3-4,7-13,16-18,22H,2,5-6,14-15H2. The van der Waals surface area contributed by atoms with E-state index in [0.717, 1.165) is 11.3 Å². The fourth-order valence-corrected chi connectivity index (χ4v) is 4.43. The largest absolute Gasteiger partial charge is 0.321 e. The maximum absolute atomic E-state index is 5.06. The number of hydrogen-bond donors (Lipinski definition) is 0. The number of hydrogen-bond acceptors (Lipinski definition) is 1. The van der Waals surface area contributed by atoms with Crippen LogP contribution in [0.4, 0.5) is 0 Å². The third-order valence-corrected chi connectivity index (χ3v) is 5.76. The van der Waals surface area contributed by atoms with Gasteiger partial charge < -0.3 is 4.57 Å². The van der Waals surface area contributed by atoms with Crippen LogP contribution in [0.1, 0.15) is 38.1 Å². The van der Waals surface area contributed by atoms with E-state index in [1.54, 1.807) is 0 Å². The van der Waals surface area contributed by atoms with Gasteiger partial charge in [0.2, 0.25) is 0 Å². The number of nitrogens with zero attached hydrogens (tertiary/aromatic N) is 2. The van der Waals surface area contributed by atoms with Crippen molar-refractivity contribution < 1.29 is 0 Å². The molecule has 0 saturated heterocycles. The molecule has 0 aliphatic heterocycles. The zero-order chi connectivity index (χ0) is 18.1. The summed E-state index contributed by atoms with van der Waals surface area (Å²) < 4.78 is 2.51. The molecule has 5 rings (SSSR count). The minimum Gasteiger partial charge on any atom is -0.321 e. The van der Waals surface area contributed by atoms with Gasteiger partial charge in [-0.3, -0.25) is 0 Å². The smallest absolute Gasteiger partial charge is 0.141 e. The summed E-state index contributed by atoms with van der Waals surface area (Å²) >= 11 is 0. The quantitative estimate of drug-likeness (QED) is 0.393. The first-order valence-corrected chi connectivity index (χ1v) is 10.0.